The highest BCUT2D eigenvalue weighted by Crippen LogP contribution is 2.52. The number of hydrogen-bond donors (Lipinski definition) is 0. The van der Waals surface area contributed by atoms with Crippen molar-refractivity contribution >= 4 is 31.9 Å². The second-order valence-electron chi connectivity index (χ2n) is 6.43. The standard InChI is InChI=1S/C22H18Br2/c1-13-11-12-14(2)20-16-8-4-6-10-18(16)22(24)21(23)17-9-5-3-7-15(17)19(13)20/h3-12,21-22H,1-2H3/t21-,22-/m0/s1. The molecule has 0 heterocycles. The molecule has 0 N–H and O–H groups in total. The zero-order chi connectivity index (χ0) is 16.8. The van der Waals surface area contributed by atoms with Crippen molar-refractivity contribution in [3.05, 3.63) is 82.9 Å². The second-order valence-corrected chi connectivity index (χ2v) is 8.40. The van der Waals surface area contributed by atoms with Crippen molar-refractivity contribution in [2.75, 3.05) is 0 Å². The summed E-state index contributed by atoms with van der Waals surface area (Å²) in [6.45, 7) is 4.43. The van der Waals surface area contributed by atoms with E-state index in [9.17, 15) is 0 Å². The van der Waals surface area contributed by atoms with Crippen LogP contribution in [0.3, 0.4) is 0 Å². The lowest BCUT2D eigenvalue weighted by Gasteiger charge is -2.29. The van der Waals surface area contributed by atoms with Gasteiger partial charge in [-0.15, -0.1) is 0 Å². The lowest BCUT2D eigenvalue weighted by Crippen LogP contribution is -2.08. The number of benzene rings is 3. The number of alkyl halides is 2. The Kier molecular flexibility index (Phi) is 4.14. The molecule has 0 aromatic heterocycles. The SMILES string of the molecule is Cc1ccc(C)c2c1-c1ccccc1[C@H](Br)[C@@H](Br)c1ccccc1-2. The summed E-state index contributed by atoms with van der Waals surface area (Å²) in [5, 5.41) is 0. The summed E-state index contributed by atoms with van der Waals surface area (Å²) < 4.78 is 0. The largest absolute Gasteiger partial charge is 0.0823 e. The van der Waals surface area contributed by atoms with E-state index in [1.54, 1.807) is 0 Å². The molecular weight excluding hydrogens is 424 g/mol. The Balaban J connectivity index is 2.21. The second kappa shape index (κ2) is 6.16. The average Bonchev–Trinajstić information content (AvgIpc) is 2.61. The van der Waals surface area contributed by atoms with Gasteiger partial charge in [-0.25, -0.2) is 0 Å². The minimum atomic E-state index is 0.225. The third-order valence-corrected chi connectivity index (χ3v) is 7.69. The molecule has 0 bridgehead atoms. The van der Waals surface area contributed by atoms with Gasteiger partial charge in [-0.3, -0.25) is 0 Å². The molecule has 2 atom stereocenters. The molecule has 1 aliphatic rings. The van der Waals surface area contributed by atoms with Crippen LogP contribution in [0.1, 0.15) is 31.9 Å². The summed E-state index contributed by atoms with van der Waals surface area (Å²) in [5.41, 5.74) is 10.7. The van der Waals surface area contributed by atoms with Gasteiger partial charge in [0.2, 0.25) is 0 Å². The van der Waals surface area contributed by atoms with E-state index in [4.69, 9.17) is 0 Å². The third-order valence-electron chi connectivity index (χ3n) is 4.93. The quantitative estimate of drug-likeness (QED) is 0.316. The van der Waals surface area contributed by atoms with Gasteiger partial charge in [-0.1, -0.05) is 92.5 Å². The van der Waals surface area contributed by atoms with Crippen LogP contribution in [0.15, 0.2) is 60.7 Å². The molecule has 0 fully saturated rings. The van der Waals surface area contributed by atoms with Crippen molar-refractivity contribution in [1.29, 1.82) is 0 Å². The molecular formula is C22H18Br2. The van der Waals surface area contributed by atoms with Gasteiger partial charge in [0, 0.05) is 0 Å². The smallest absolute Gasteiger partial charge is 0.0567 e. The topological polar surface area (TPSA) is 0 Å². The fourth-order valence-corrected chi connectivity index (χ4v) is 5.12. The third kappa shape index (κ3) is 2.39. The van der Waals surface area contributed by atoms with Crippen molar-refractivity contribution in [2.45, 2.75) is 23.5 Å². The maximum absolute atomic E-state index is 3.96. The monoisotopic (exact) mass is 440 g/mol. The first kappa shape index (κ1) is 16.1. The van der Waals surface area contributed by atoms with E-state index < -0.39 is 0 Å². The van der Waals surface area contributed by atoms with Gasteiger partial charge >= 0.3 is 0 Å². The molecule has 3 aromatic carbocycles. The summed E-state index contributed by atoms with van der Waals surface area (Å²) in [6.07, 6.45) is 0. The Morgan fingerprint density at radius 1 is 0.583 bits per heavy atom. The highest BCUT2D eigenvalue weighted by molar-refractivity contribution is 9.12. The fourth-order valence-electron chi connectivity index (χ4n) is 3.75. The average molecular weight is 442 g/mol. The maximum atomic E-state index is 3.96. The first-order valence-corrected chi connectivity index (χ1v) is 9.99. The molecule has 1 aliphatic carbocycles. The molecule has 0 nitrogen and oxygen atoms in total. The summed E-state index contributed by atoms with van der Waals surface area (Å²) >= 11 is 7.91. The van der Waals surface area contributed by atoms with Crippen LogP contribution in [0.2, 0.25) is 0 Å². The Hall–Kier alpha value is -1.38. The van der Waals surface area contributed by atoms with Crippen molar-refractivity contribution < 1.29 is 0 Å². The van der Waals surface area contributed by atoms with Gasteiger partial charge in [0.25, 0.3) is 0 Å². The number of fused-ring (bicyclic) bond motifs is 5. The normalized spacial score (nSPS) is 18.8. The molecule has 4 rings (SSSR count). The molecule has 3 aromatic rings. The van der Waals surface area contributed by atoms with Gasteiger partial charge in [-0.05, 0) is 58.4 Å². The molecule has 0 unspecified atom stereocenters. The van der Waals surface area contributed by atoms with E-state index in [2.05, 4.69) is 106 Å². The van der Waals surface area contributed by atoms with E-state index in [0.717, 1.165) is 0 Å². The van der Waals surface area contributed by atoms with E-state index in [-0.39, 0.29) is 9.65 Å². The molecule has 0 saturated carbocycles. The maximum Gasteiger partial charge on any atom is 0.0567 e. The molecule has 2 heteroatoms. The van der Waals surface area contributed by atoms with E-state index in [0.29, 0.717) is 0 Å². The molecule has 0 saturated heterocycles. The van der Waals surface area contributed by atoms with Crippen LogP contribution in [0, 0.1) is 13.8 Å². The molecule has 0 spiro atoms. The Bertz CT molecular complexity index is 851. The van der Waals surface area contributed by atoms with Crippen LogP contribution in [0.25, 0.3) is 22.3 Å². The van der Waals surface area contributed by atoms with E-state index >= 15 is 0 Å². The zero-order valence-electron chi connectivity index (χ0n) is 13.7. The van der Waals surface area contributed by atoms with E-state index in [1.165, 1.54) is 44.5 Å². The van der Waals surface area contributed by atoms with Gasteiger partial charge in [0.1, 0.15) is 0 Å². The lowest BCUT2D eigenvalue weighted by atomic mass is 9.80. The Morgan fingerprint density at radius 3 is 1.38 bits per heavy atom. The molecule has 0 radical (unpaired) electrons. The van der Waals surface area contributed by atoms with Gasteiger partial charge in [-0.2, -0.15) is 0 Å². The molecule has 0 aliphatic heterocycles. The Morgan fingerprint density at radius 2 is 0.958 bits per heavy atom. The fraction of sp³-hybridized carbons (Fsp3) is 0.182. The van der Waals surface area contributed by atoms with Crippen molar-refractivity contribution in [1.82, 2.24) is 0 Å². The first-order chi connectivity index (χ1) is 11.6. The van der Waals surface area contributed by atoms with Crippen molar-refractivity contribution in [3.63, 3.8) is 0 Å². The van der Waals surface area contributed by atoms with Crippen LogP contribution in [-0.4, -0.2) is 0 Å². The zero-order valence-corrected chi connectivity index (χ0v) is 16.9. The number of rotatable bonds is 0. The number of hydrogen-bond acceptors (Lipinski definition) is 0. The van der Waals surface area contributed by atoms with Crippen molar-refractivity contribution in [2.24, 2.45) is 0 Å². The number of aryl methyl sites for hydroxylation is 2. The van der Waals surface area contributed by atoms with Crippen LogP contribution < -0.4 is 0 Å². The summed E-state index contributed by atoms with van der Waals surface area (Å²) in [6, 6.07) is 22.0. The molecule has 0 amide bonds. The van der Waals surface area contributed by atoms with Gasteiger partial charge in [0.15, 0.2) is 0 Å². The molecule has 24 heavy (non-hydrogen) atoms. The van der Waals surface area contributed by atoms with Gasteiger partial charge < -0.3 is 0 Å². The van der Waals surface area contributed by atoms with Gasteiger partial charge in [0.05, 0.1) is 9.65 Å². The molecule has 120 valence electrons. The van der Waals surface area contributed by atoms with Crippen LogP contribution in [0.5, 0.6) is 0 Å². The predicted molar refractivity (Wildman–Crippen MR) is 110 cm³/mol. The Labute approximate surface area is 160 Å². The van der Waals surface area contributed by atoms with E-state index in [1.807, 2.05) is 0 Å². The highest BCUT2D eigenvalue weighted by atomic mass is 79.9. The predicted octanol–water partition coefficient (Wildman–Crippen LogP) is 7.52. The summed E-state index contributed by atoms with van der Waals surface area (Å²) in [4.78, 5) is 0.450. The number of halogens is 2. The van der Waals surface area contributed by atoms with Crippen molar-refractivity contribution in [3.8, 4) is 22.3 Å². The summed E-state index contributed by atoms with van der Waals surface area (Å²) in [7, 11) is 0. The van der Waals surface area contributed by atoms with Crippen LogP contribution in [-0.2, 0) is 0 Å². The van der Waals surface area contributed by atoms with Crippen LogP contribution in [0.4, 0.5) is 0 Å². The lowest BCUT2D eigenvalue weighted by molar-refractivity contribution is 0.937. The summed E-state index contributed by atoms with van der Waals surface area (Å²) in [5.74, 6) is 0. The highest BCUT2D eigenvalue weighted by Gasteiger charge is 2.29. The van der Waals surface area contributed by atoms with Crippen LogP contribution >= 0.6 is 31.9 Å². The first-order valence-electron chi connectivity index (χ1n) is 8.16. The minimum absolute atomic E-state index is 0.225. The minimum Gasteiger partial charge on any atom is -0.0823 e.